The lowest BCUT2D eigenvalue weighted by molar-refractivity contribution is -0.150. The van der Waals surface area contributed by atoms with E-state index in [4.69, 9.17) is 4.74 Å². The summed E-state index contributed by atoms with van der Waals surface area (Å²) in [5, 5.41) is 17.1. The molecule has 134 valence electrons. The molecule has 1 unspecified atom stereocenters. The van der Waals surface area contributed by atoms with E-state index in [-0.39, 0.29) is 17.8 Å². The highest BCUT2D eigenvalue weighted by Crippen LogP contribution is 2.28. The van der Waals surface area contributed by atoms with Crippen LogP contribution in [0, 0.1) is 0 Å². The van der Waals surface area contributed by atoms with Crippen molar-refractivity contribution in [2.24, 2.45) is 0 Å². The Morgan fingerprint density at radius 2 is 1.96 bits per heavy atom. The molecule has 1 aliphatic rings. The minimum atomic E-state index is -0.764. The van der Waals surface area contributed by atoms with E-state index in [1.165, 1.54) is 6.42 Å². The Morgan fingerprint density at radius 1 is 1.28 bits per heavy atom. The maximum Gasteiger partial charge on any atom is 0.326 e. The number of hydrogen-bond acceptors (Lipinski definition) is 6. The highest BCUT2D eigenvalue weighted by molar-refractivity contribution is 7.81. The number of phenolic OH excluding ortho intramolecular Hbond substituents is 1. The zero-order chi connectivity index (χ0) is 17.8. The van der Waals surface area contributed by atoms with E-state index in [9.17, 15) is 9.90 Å². The second kappa shape index (κ2) is 7.91. The predicted octanol–water partition coefficient (Wildman–Crippen LogP) is 3.52. The smallest absolute Gasteiger partial charge is 0.326 e. The van der Waals surface area contributed by atoms with Gasteiger partial charge in [0.05, 0.1) is 0 Å². The fourth-order valence-corrected chi connectivity index (χ4v) is 3.42. The topological polar surface area (TPSA) is 77.2 Å². The number of aromatic hydroxyl groups is 1. The third kappa shape index (κ3) is 3.98. The number of nitrogens with zero attached hydrogens (tertiary/aromatic N) is 3. The number of esters is 1. The number of rotatable bonds is 5. The van der Waals surface area contributed by atoms with Gasteiger partial charge < -0.3 is 14.4 Å². The van der Waals surface area contributed by atoms with Gasteiger partial charge in [-0.3, -0.25) is 4.79 Å². The summed E-state index contributed by atoms with van der Waals surface area (Å²) in [5.74, 6) is 0.945. The third-order valence-corrected chi connectivity index (χ3v) is 4.97. The summed E-state index contributed by atoms with van der Waals surface area (Å²) in [4.78, 5) is 12.5. The molecule has 7 heteroatoms. The molecule has 2 aromatic rings. The van der Waals surface area contributed by atoms with Crippen LogP contribution in [0.1, 0.15) is 50.1 Å². The van der Waals surface area contributed by atoms with Crippen molar-refractivity contribution < 1.29 is 14.6 Å². The third-order valence-electron chi connectivity index (χ3n) is 4.52. The van der Waals surface area contributed by atoms with Crippen LogP contribution in [0.3, 0.4) is 0 Å². The number of benzene rings is 1. The molecule has 0 spiro atoms. The number of ether oxygens (including phenoxy) is 1. The van der Waals surface area contributed by atoms with Crippen molar-refractivity contribution in [3.05, 3.63) is 30.1 Å². The maximum atomic E-state index is 12.5. The zero-order valence-electron chi connectivity index (χ0n) is 14.3. The van der Waals surface area contributed by atoms with Gasteiger partial charge in [-0.1, -0.05) is 6.42 Å². The molecule has 0 bridgehead atoms. The highest BCUT2D eigenvalue weighted by Gasteiger charge is 2.28. The minimum Gasteiger partial charge on any atom is -0.508 e. The Labute approximate surface area is 152 Å². The standard InChI is InChI=1S/C18H23N3O3S/c1-2-21-16(12-8-10-13(22)11-9-12)19-20-17(21)15(25)18(23)24-14-6-4-3-5-7-14/h8-11,14-15,22,25H,2-7H2,1H3. The molecule has 0 radical (unpaired) electrons. The summed E-state index contributed by atoms with van der Waals surface area (Å²) < 4.78 is 7.46. The van der Waals surface area contributed by atoms with Gasteiger partial charge in [0.25, 0.3) is 0 Å². The Kier molecular flexibility index (Phi) is 5.63. The minimum absolute atomic E-state index is 0.00883. The van der Waals surface area contributed by atoms with Crippen LogP contribution in [0.5, 0.6) is 5.75 Å². The van der Waals surface area contributed by atoms with Gasteiger partial charge in [-0.2, -0.15) is 12.6 Å². The Hall–Kier alpha value is -2.02. The lowest BCUT2D eigenvalue weighted by atomic mass is 9.98. The number of thiol groups is 1. The van der Waals surface area contributed by atoms with E-state index in [1.807, 2.05) is 11.5 Å². The molecule has 0 amide bonds. The second-order valence-electron chi connectivity index (χ2n) is 6.27. The van der Waals surface area contributed by atoms with Gasteiger partial charge >= 0.3 is 5.97 Å². The number of hydrogen-bond donors (Lipinski definition) is 2. The molecule has 1 atom stereocenters. The molecule has 1 N–H and O–H groups in total. The summed E-state index contributed by atoms with van der Waals surface area (Å²) in [6.45, 7) is 2.57. The molecule has 0 aliphatic heterocycles. The largest absolute Gasteiger partial charge is 0.508 e. The van der Waals surface area contributed by atoms with Gasteiger partial charge in [-0.05, 0) is 56.9 Å². The zero-order valence-corrected chi connectivity index (χ0v) is 15.2. The molecule has 1 heterocycles. The second-order valence-corrected chi connectivity index (χ2v) is 6.79. The molecule has 1 saturated carbocycles. The first kappa shape index (κ1) is 17.8. The van der Waals surface area contributed by atoms with E-state index in [0.29, 0.717) is 18.2 Å². The summed E-state index contributed by atoms with van der Waals surface area (Å²) in [7, 11) is 0. The van der Waals surface area contributed by atoms with Gasteiger partial charge in [0.1, 0.15) is 11.9 Å². The van der Waals surface area contributed by atoms with E-state index < -0.39 is 5.25 Å². The monoisotopic (exact) mass is 361 g/mol. The molecule has 6 nitrogen and oxygen atoms in total. The molecular formula is C18H23N3O3S. The molecule has 1 aliphatic carbocycles. The molecule has 0 saturated heterocycles. The van der Waals surface area contributed by atoms with E-state index in [0.717, 1.165) is 31.2 Å². The van der Waals surface area contributed by atoms with Crippen molar-refractivity contribution in [2.45, 2.75) is 56.9 Å². The molecule has 1 aromatic carbocycles. The number of carbonyl (C=O) groups is 1. The average molecular weight is 361 g/mol. The highest BCUT2D eigenvalue weighted by atomic mass is 32.1. The van der Waals surface area contributed by atoms with Crippen LogP contribution < -0.4 is 0 Å². The van der Waals surface area contributed by atoms with Gasteiger partial charge in [0, 0.05) is 12.1 Å². The fraction of sp³-hybridized carbons (Fsp3) is 0.500. The van der Waals surface area contributed by atoms with Crippen molar-refractivity contribution >= 4 is 18.6 Å². The molecular weight excluding hydrogens is 338 g/mol. The van der Waals surface area contributed by atoms with E-state index in [1.54, 1.807) is 24.3 Å². The summed E-state index contributed by atoms with van der Waals surface area (Å²) in [6.07, 6.45) is 5.25. The van der Waals surface area contributed by atoms with Crippen molar-refractivity contribution in [3.8, 4) is 17.1 Å². The van der Waals surface area contributed by atoms with Crippen molar-refractivity contribution in [1.29, 1.82) is 0 Å². The summed E-state index contributed by atoms with van der Waals surface area (Å²) in [5.41, 5.74) is 0.819. The lowest BCUT2D eigenvalue weighted by Crippen LogP contribution is -2.24. The Balaban J connectivity index is 1.79. The predicted molar refractivity (Wildman–Crippen MR) is 97.5 cm³/mol. The molecule has 1 aromatic heterocycles. The van der Waals surface area contributed by atoms with Gasteiger partial charge in [0.15, 0.2) is 16.9 Å². The maximum absolute atomic E-state index is 12.5. The number of aromatic nitrogens is 3. The van der Waals surface area contributed by atoms with Crippen LogP contribution in [0.15, 0.2) is 24.3 Å². The normalized spacial score (nSPS) is 16.6. The summed E-state index contributed by atoms with van der Waals surface area (Å²) in [6, 6.07) is 6.73. The van der Waals surface area contributed by atoms with Crippen molar-refractivity contribution in [1.82, 2.24) is 14.8 Å². The molecule has 3 rings (SSSR count). The first-order chi connectivity index (χ1) is 12.1. The van der Waals surface area contributed by atoms with E-state index >= 15 is 0 Å². The molecule has 25 heavy (non-hydrogen) atoms. The first-order valence-corrected chi connectivity index (χ1v) is 9.23. The van der Waals surface area contributed by atoms with Crippen LogP contribution in [0.4, 0.5) is 0 Å². The molecule has 1 fully saturated rings. The lowest BCUT2D eigenvalue weighted by Gasteiger charge is -2.23. The van der Waals surface area contributed by atoms with Crippen LogP contribution in [0.25, 0.3) is 11.4 Å². The van der Waals surface area contributed by atoms with E-state index in [2.05, 4.69) is 22.8 Å². The van der Waals surface area contributed by atoms with Crippen molar-refractivity contribution in [2.75, 3.05) is 0 Å². The van der Waals surface area contributed by atoms with Crippen LogP contribution in [0.2, 0.25) is 0 Å². The Morgan fingerprint density at radius 3 is 2.60 bits per heavy atom. The first-order valence-electron chi connectivity index (χ1n) is 8.71. The van der Waals surface area contributed by atoms with Gasteiger partial charge in [-0.15, -0.1) is 10.2 Å². The Bertz CT molecular complexity index is 724. The van der Waals surface area contributed by atoms with Gasteiger partial charge in [0.2, 0.25) is 0 Å². The quantitative estimate of drug-likeness (QED) is 0.629. The number of phenols is 1. The van der Waals surface area contributed by atoms with Crippen LogP contribution in [-0.2, 0) is 16.1 Å². The van der Waals surface area contributed by atoms with Crippen LogP contribution >= 0.6 is 12.6 Å². The summed E-state index contributed by atoms with van der Waals surface area (Å²) >= 11 is 4.44. The van der Waals surface area contributed by atoms with Gasteiger partial charge in [-0.25, -0.2) is 0 Å². The SMILES string of the molecule is CCn1c(-c2ccc(O)cc2)nnc1C(S)C(=O)OC1CCCCC1. The van der Waals surface area contributed by atoms with Crippen LogP contribution in [-0.4, -0.2) is 31.9 Å². The average Bonchev–Trinajstić information content (AvgIpc) is 3.06. The number of carbonyl (C=O) groups excluding carboxylic acids is 1. The fourth-order valence-electron chi connectivity index (χ4n) is 3.17. The van der Waals surface area contributed by atoms with Crippen molar-refractivity contribution in [3.63, 3.8) is 0 Å².